The highest BCUT2D eigenvalue weighted by atomic mass is 16.7. The third kappa shape index (κ3) is 2.86. The molecule has 3 rings (SSSR count). The fourth-order valence-electron chi connectivity index (χ4n) is 3.21. The summed E-state index contributed by atoms with van der Waals surface area (Å²) in [5.41, 5.74) is 1.68. The van der Waals surface area contributed by atoms with E-state index < -0.39 is 0 Å². The summed E-state index contributed by atoms with van der Waals surface area (Å²) in [4.78, 5) is 0. The molecule has 104 valence electrons. The van der Waals surface area contributed by atoms with Gasteiger partial charge in [0.2, 0.25) is 6.79 Å². The van der Waals surface area contributed by atoms with Gasteiger partial charge in [0.15, 0.2) is 11.5 Å². The molecule has 1 aliphatic carbocycles. The Morgan fingerprint density at radius 2 is 2.00 bits per heavy atom. The van der Waals surface area contributed by atoms with Crippen LogP contribution in [0, 0.1) is 5.41 Å². The van der Waals surface area contributed by atoms with Crippen LogP contribution in [0.4, 0.5) is 0 Å². The van der Waals surface area contributed by atoms with Crippen LogP contribution in [0.25, 0.3) is 0 Å². The number of hydrogen-bond acceptors (Lipinski definition) is 3. The smallest absolute Gasteiger partial charge is 0.231 e. The maximum Gasteiger partial charge on any atom is 0.231 e. The van der Waals surface area contributed by atoms with E-state index in [1.165, 1.54) is 37.7 Å². The van der Waals surface area contributed by atoms with Crippen molar-refractivity contribution in [2.45, 2.75) is 45.6 Å². The Kier molecular flexibility index (Phi) is 3.65. The highest BCUT2D eigenvalue weighted by molar-refractivity contribution is 5.48. The third-order valence-electron chi connectivity index (χ3n) is 4.41. The van der Waals surface area contributed by atoms with E-state index in [1.807, 2.05) is 12.1 Å². The summed E-state index contributed by atoms with van der Waals surface area (Å²) in [5.74, 6) is 1.80. The van der Waals surface area contributed by atoms with Gasteiger partial charge in [-0.15, -0.1) is 0 Å². The molecule has 1 aromatic carbocycles. The largest absolute Gasteiger partial charge is 0.454 e. The Morgan fingerprint density at radius 3 is 2.84 bits per heavy atom. The van der Waals surface area contributed by atoms with Gasteiger partial charge in [-0.3, -0.25) is 0 Å². The normalized spacial score (nSPS) is 20.5. The van der Waals surface area contributed by atoms with Gasteiger partial charge in [-0.05, 0) is 24.3 Å². The lowest BCUT2D eigenvalue weighted by Gasteiger charge is -2.33. The monoisotopic (exact) mass is 261 g/mol. The highest BCUT2D eigenvalue weighted by Gasteiger charge is 2.26. The van der Waals surface area contributed by atoms with Gasteiger partial charge in [0.25, 0.3) is 0 Å². The molecule has 19 heavy (non-hydrogen) atoms. The van der Waals surface area contributed by atoms with Crippen LogP contribution in [-0.4, -0.2) is 13.3 Å². The summed E-state index contributed by atoms with van der Waals surface area (Å²) in [6.45, 7) is 4.72. The molecule has 1 fully saturated rings. The van der Waals surface area contributed by atoms with E-state index >= 15 is 0 Å². The number of rotatable bonds is 4. The lowest BCUT2D eigenvalue weighted by atomic mass is 9.76. The zero-order valence-corrected chi connectivity index (χ0v) is 11.7. The average Bonchev–Trinajstić information content (AvgIpc) is 2.88. The number of nitrogens with one attached hydrogen (secondary N) is 1. The lowest BCUT2D eigenvalue weighted by molar-refractivity contribution is 0.172. The van der Waals surface area contributed by atoms with Gasteiger partial charge in [0, 0.05) is 18.7 Å². The van der Waals surface area contributed by atoms with Crippen molar-refractivity contribution in [3.63, 3.8) is 0 Å². The summed E-state index contributed by atoms with van der Waals surface area (Å²) in [6.07, 6.45) is 6.89. The fourth-order valence-corrected chi connectivity index (χ4v) is 3.21. The number of benzene rings is 1. The molecule has 0 atom stereocenters. The van der Waals surface area contributed by atoms with Crippen LogP contribution in [-0.2, 0) is 6.54 Å². The predicted octanol–water partition coefficient (Wildman–Crippen LogP) is 3.48. The minimum Gasteiger partial charge on any atom is -0.454 e. The average molecular weight is 261 g/mol. The first-order valence-corrected chi connectivity index (χ1v) is 7.35. The molecule has 3 heteroatoms. The van der Waals surface area contributed by atoms with Crippen LogP contribution in [0.2, 0.25) is 0 Å². The molecule has 3 nitrogen and oxygen atoms in total. The molecule has 0 radical (unpaired) electrons. The van der Waals surface area contributed by atoms with E-state index in [-0.39, 0.29) is 0 Å². The highest BCUT2D eigenvalue weighted by Crippen LogP contribution is 2.37. The van der Waals surface area contributed by atoms with E-state index in [0.29, 0.717) is 12.2 Å². The molecular weight excluding hydrogens is 238 g/mol. The molecule has 2 aliphatic rings. The second-order valence-corrected chi connectivity index (χ2v) is 6.13. The minimum absolute atomic E-state index is 0.351. The minimum atomic E-state index is 0.351. The first-order chi connectivity index (χ1) is 9.27. The molecule has 0 saturated heterocycles. The van der Waals surface area contributed by atoms with Crippen molar-refractivity contribution in [1.82, 2.24) is 5.32 Å². The summed E-state index contributed by atoms with van der Waals surface area (Å²) in [7, 11) is 0. The lowest BCUT2D eigenvalue weighted by Crippen LogP contribution is -2.33. The molecule has 1 N–H and O–H groups in total. The number of fused-ring (bicyclic) bond motifs is 1. The molecule has 1 aliphatic heterocycles. The molecule has 0 spiro atoms. The van der Waals surface area contributed by atoms with Crippen molar-refractivity contribution >= 4 is 0 Å². The van der Waals surface area contributed by atoms with Crippen molar-refractivity contribution in [2.75, 3.05) is 13.3 Å². The van der Waals surface area contributed by atoms with E-state index in [0.717, 1.165) is 24.6 Å². The predicted molar refractivity (Wildman–Crippen MR) is 75.5 cm³/mol. The van der Waals surface area contributed by atoms with Gasteiger partial charge in [-0.25, -0.2) is 0 Å². The first-order valence-electron chi connectivity index (χ1n) is 7.35. The Labute approximate surface area is 115 Å². The number of hydrogen-bond donors (Lipinski definition) is 1. The van der Waals surface area contributed by atoms with Gasteiger partial charge in [0.05, 0.1) is 0 Å². The summed E-state index contributed by atoms with van der Waals surface area (Å²) in [5, 5.41) is 3.61. The second-order valence-electron chi connectivity index (χ2n) is 6.13. The number of para-hydroxylation sites is 1. The Hall–Kier alpha value is -1.22. The topological polar surface area (TPSA) is 30.5 Å². The maximum absolute atomic E-state index is 5.54. The van der Waals surface area contributed by atoms with Crippen LogP contribution >= 0.6 is 0 Å². The van der Waals surface area contributed by atoms with Gasteiger partial charge in [-0.1, -0.05) is 38.3 Å². The van der Waals surface area contributed by atoms with Crippen LogP contribution in [0.15, 0.2) is 18.2 Å². The van der Waals surface area contributed by atoms with Crippen molar-refractivity contribution in [3.05, 3.63) is 23.8 Å². The molecule has 1 saturated carbocycles. The fraction of sp³-hybridized carbons (Fsp3) is 0.625. The second kappa shape index (κ2) is 5.41. The molecular formula is C16H23NO2. The summed E-state index contributed by atoms with van der Waals surface area (Å²) < 4.78 is 10.9. The van der Waals surface area contributed by atoms with E-state index in [1.54, 1.807) is 0 Å². The molecule has 1 heterocycles. The SMILES string of the molecule is CC1(CNCc2cccc3c2OCO3)CCCCC1. The first kappa shape index (κ1) is 12.8. The standard InChI is InChI=1S/C16H23NO2/c1-16(8-3-2-4-9-16)11-17-10-13-6-5-7-14-15(13)19-12-18-14/h5-7,17H,2-4,8-12H2,1H3. The molecule has 0 unspecified atom stereocenters. The Balaban J connectivity index is 1.56. The van der Waals surface area contributed by atoms with Crippen LogP contribution in [0.1, 0.15) is 44.6 Å². The van der Waals surface area contributed by atoms with Crippen molar-refractivity contribution in [3.8, 4) is 11.5 Å². The molecule has 0 amide bonds. The Bertz CT molecular complexity index is 438. The van der Waals surface area contributed by atoms with E-state index in [9.17, 15) is 0 Å². The van der Waals surface area contributed by atoms with Crippen molar-refractivity contribution < 1.29 is 9.47 Å². The van der Waals surface area contributed by atoms with Gasteiger partial charge < -0.3 is 14.8 Å². The molecule has 0 bridgehead atoms. The maximum atomic E-state index is 5.54. The third-order valence-corrected chi connectivity index (χ3v) is 4.41. The Morgan fingerprint density at radius 1 is 1.16 bits per heavy atom. The van der Waals surface area contributed by atoms with Crippen LogP contribution in [0.5, 0.6) is 11.5 Å². The van der Waals surface area contributed by atoms with Crippen LogP contribution in [0.3, 0.4) is 0 Å². The van der Waals surface area contributed by atoms with Crippen molar-refractivity contribution in [2.24, 2.45) is 5.41 Å². The van der Waals surface area contributed by atoms with Gasteiger partial charge >= 0.3 is 0 Å². The summed E-state index contributed by atoms with van der Waals surface area (Å²) in [6, 6.07) is 6.12. The zero-order valence-electron chi connectivity index (χ0n) is 11.7. The zero-order chi connectivity index (χ0) is 13.1. The van der Waals surface area contributed by atoms with Gasteiger partial charge in [0.1, 0.15) is 0 Å². The summed E-state index contributed by atoms with van der Waals surface area (Å²) >= 11 is 0. The van der Waals surface area contributed by atoms with E-state index in [4.69, 9.17) is 9.47 Å². The molecule has 0 aromatic heterocycles. The van der Waals surface area contributed by atoms with Crippen LogP contribution < -0.4 is 14.8 Å². The van der Waals surface area contributed by atoms with E-state index in [2.05, 4.69) is 18.3 Å². The van der Waals surface area contributed by atoms with Crippen molar-refractivity contribution in [1.29, 1.82) is 0 Å². The quantitative estimate of drug-likeness (QED) is 0.900. The van der Waals surface area contributed by atoms with Gasteiger partial charge in [-0.2, -0.15) is 0 Å². The molecule has 1 aromatic rings. The number of ether oxygens (including phenoxy) is 2.